The molecule has 0 unspecified atom stereocenters. The number of amides is 1. The zero-order valence-electron chi connectivity index (χ0n) is 17.2. The first-order valence-electron chi connectivity index (χ1n) is 9.79. The number of carbonyl (C=O) groups is 1. The molecular formula is C26H24N2O. The van der Waals surface area contributed by atoms with Crippen LogP contribution in [0.25, 0.3) is 22.2 Å². The predicted molar refractivity (Wildman–Crippen MR) is 121 cm³/mol. The highest BCUT2D eigenvalue weighted by molar-refractivity contribution is 6.13. The molecule has 0 aliphatic rings. The van der Waals surface area contributed by atoms with E-state index in [1.54, 1.807) is 0 Å². The van der Waals surface area contributed by atoms with Gasteiger partial charge in [0.2, 0.25) is 0 Å². The van der Waals surface area contributed by atoms with E-state index in [4.69, 9.17) is 4.98 Å². The van der Waals surface area contributed by atoms with Gasteiger partial charge in [-0.2, -0.15) is 0 Å². The molecule has 0 aliphatic carbocycles. The molecule has 0 aliphatic heterocycles. The molecule has 1 aromatic heterocycles. The molecule has 3 aromatic carbocycles. The monoisotopic (exact) mass is 380 g/mol. The van der Waals surface area contributed by atoms with Gasteiger partial charge in [-0.25, -0.2) is 4.98 Å². The Morgan fingerprint density at radius 3 is 2.34 bits per heavy atom. The van der Waals surface area contributed by atoms with Gasteiger partial charge in [-0.05, 0) is 62.6 Å². The number of hydrogen-bond donors (Lipinski definition) is 1. The molecule has 3 heteroatoms. The van der Waals surface area contributed by atoms with Gasteiger partial charge in [0, 0.05) is 16.6 Å². The van der Waals surface area contributed by atoms with Crippen molar-refractivity contribution in [2.75, 3.05) is 5.32 Å². The van der Waals surface area contributed by atoms with Crippen molar-refractivity contribution in [3.63, 3.8) is 0 Å². The molecule has 144 valence electrons. The fourth-order valence-corrected chi connectivity index (χ4v) is 3.70. The second kappa shape index (κ2) is 7.51. The summed E-state index contributed by atoms with van der Waals surface area (Å²) < 4.78 is 0. The van der Waals surface area contributed by atoms with E-state index in [1.807, 2.05) is 88.4 Å². The lowest BCUT2D eigenvalue weighted by atomic mass is 9.99. The Bertz CT molecular complexity index is 1230. The summed E-state index contributed by atoms with van der Waals surface area (Å²) in [6, 6.07) is 22.0. The summed E-state index contributed by atoms with van der Waals surface area (Å²) >= 11 is 0. The van der Waals surface area contributed by atoms with Crippen LogP contribution in [0.4, 0.5) is 5.69 Å². The summed E-state index contributed by atoms with van der Waals surface area (Å²) in [6.45, 7) is 8.17. The molecule has 1 amide bonds. The smallest absolute Gasteiger partial charge is 0.256 e. The lowest BCUT2D eigenvalue weighted by Crippen LogP contribution is -2.14. The first-order chi connectivity index (χ1) is 13.9. The second-order valence-corrected chi connectivity index (χ2v) is 7.60. The fraction of sp³-hybridized carbons (Fsp3) is 0.154. The standard InChI is InChI=1S/C26H24N2O/c1-16-13-18(3)25-21(14-16)22(15-24(27-25)20-10-6-5-7-11-20)26(29)28-23-12-8-9-17(2)19(23)4/h5-15H,1-4H3,(H,28,29). The normalized spacial score (nSPS) is 10.9. The molecular weight excluding hydrogens is 356 g/mol. The molecule has 0 radical (unpaired) electrons. The Morgan fingerprint density at radius 2 is 1.59 bits per heavy atom. The Hall–Kier alpha value is -3.46. The highest BCUT2D eigenvalue weighted by atomic mass is 16.1. The van der Waals surface area contributed by atoms with Crippen LogP contribution in [0.15, 0.2) is 66.7 Å². The number of nitrogens with zero attached hydrogens (tertiary/aromatic N) is 1. The number of aromatic nitrogens is 1. The minimum atomic E-state index is -0.117. The number of aryl methyl sites for hydroxylation is 3. The van der Waals surface area contributed by atoms with Crippen molar-refractivity contribution in [2.45, 2.75) is 27.7 Å². The maximum absolute atomic E-state index is 13.4. The van der Waals surface area contributed by atoms with E-state index in [2.05, 4.69) is 11.4 Å². The lowest BCUT2D eigenvalue weighted by molar-refractivity contribution is 0.102. The highest BCUT2D eigenvalue weighted by Gasteiger charge is 2.17. The summed E-state index contributed by atoms with van der Waals surface area (Å²) in [5, 5.41) is 3.99. The topological polar surface area (TPSA) is 42.0 Å². The minimum absolute atomic E-state index is 0.117. The van der Waals surface area contributed by atoms with Crippen molar-refractivity contribution in [1.29, 1.82) is 0 Å². The summed E-state index contributed by atoms with van der Waals surface area (Å²) in [5.74, 6) is -0.117. The average molecular weight is 380 g/mol. The number of hydrogen-bond acceptors (Lipinski definition) is 2. The van der Waals surface area contributed by atoms with Crippen molar-refractivity contribution < 1.29 is 4.79 Å². The average Bonchev–Trinajstić information content (AvgIpc) is 2.71. The van der Waals surface area contributed by atoms with E-state index in [0.717, 1.165) is 50.1 Å². The van der Waals surface area contributed by atoms with Crippen molar-refractivity contribution in [3.8, 4) is 11.3 Å². The molecule has 0 fully saturated rings. The zero-order chi connectivity index (χ0) is 20.5. The third kappa shape index (κ3) is 3.64. The van der Waals surface area contributed by atoms with Crippen molar-refractivity contribution in [2.24, 2.45) is 0 Å². The quantitative estimate of drug-likeness (QED) is 0.447. The van der Waals surface area contributed by atoms with Crippen molar-refractivity contribution >= 4 is 22.5 Å². The van der Waals surface area contributed by atoms with Gasteiger partial charge >= 0.3 is 0 Å². The first-order valence-corrected chi connectivity index (χ1v) is 9.79. The Balaban J connectivity index is 1.89. The molecule has 1 heterocycles. The van der Waals surface area contributed by atoms with E-state index in [9.17, 15) is 4.79 Å². The van der Waals surface area contributed by atoms with Crippen LogP contribution in [0.1, 0.15) is 32.6 Å². The van der Waals surface area contributed by atoms with Gasteiger partial charge in [0.15, 0.2) is 0 Å². The molecule has 0 spiro atoms. The van der Waals surface area contributed by atoms with Gasteiger partial charge in [-0.15, -0.1) is 0 Å². The maximum atomic E-state index is 13.4. The van der Waals surface area contributed by atoms with Gasteiger partial charge in [0.05, 0.1) is 16.8 Å². The molecule has 1 N–H and O–H groups in total. The predicted octanol–water partition coefficient (Wildman–Crippen LogP) is 6.39. The Morgan fingerprint density at radius 1 is 0.828 bits per heavy atom. The highest BCUT2D eigenvalue weighted by Crippen LogP contribution is 2.29. The molecule has 0 bridgehead atoms. The third-order valence-electron chi connectivity index (χ3n) is 5.42. The van der Waals surface area contributed by atoms with E-state index in [1.165, 1.54) is 0 Å². The van der Waals surface area contributed by atoms with Crippen molar-refractivity contribution in [3.05, 3.63) is 94.5 Å². The van der Waals surface area contributed by atoms with Gasteiger partial charge < -0.3 is 5.32 Å². The van der Waals surface area contributed by atoms with E-state index < -0.39 is 0 Å². The van der Waals surface area contributed by atoms with E-state index in [-0.39, 0.29) is 5.91 Å². The SMILES string of the molecule is Cc1cc(C)c2nc(-c3ccccc3)cc(C(=O)Nc3cccc(C)c3C)c2c1. The van der Waals surface area contributed by atoms with Crippen LogP contribution in [0.2, 0.25) is 0 Å². The number of benzene rings is 3. The minimum Gasteiger partial charge on any atom is -0.322 e. The summed E-state index contributed by atoms with van der Waals surface area (Å²) in [4.78, 5) is 18.2. The number of nitrogens with one attached hydrogen (secondary N) is 1. The molecule has 3 nitrogen and oxygen atoms in total. The summed E-state index contributed by atoms with van der Waals surface area (Å²) in [5.41, 5.74) is 8.55. The summed E-state index contributed by atoms with van der Waals surface area (Å²) in [6.07, 6.45) is 0. The third-order valence-corrected chi connectivity index (χ3v) is 5.42. The van der Waals surface area contributed by atoms with Crippen molar-refractivity contribution in [1.82, 2.24) is 4.98 Å². The van der Waals surface area contributed by atoms with Gasteiger partial charge in [-0.3, -0.25) is 4.79 Å². The van der Waals surface area contributed by atoms with Crippen LogP contribution in [0.5, 0.6) is 0 Å². The maximum Gasteiger partial charge on any atom is 0.256 e. The summed E-state index contributed by atoms with van der Waals surface area (Å²) in [7, 11) is 0. The van der Waals surface area contributed by atoms with Crippen LogP contribution in [-0.2, 0) is 0 Å². The van der Waals surface area contributed by atoms with Crippen LogP contribution in [-0.4, -0.2) is 10.9 Å². The van der Waals surface area contributed by atoms with Crippen LogP contribution < -0.4 is 5.32 Å². The molecule has 4 rings (SSSR count). The van der Waals surface area contributed by atoms with Crippen LogP contribution >= 0.6 is 0 Å². The zero-order valence-corrected chi connectivity index (χ0v) is 17.2. The number of fused-ring (bicyclic) bond motifs is 1. The van der Waals surface area contributed by atoms with Crippen LogP contribution in [0.3, 0.4) is 0 Å². The number of pyridine rings is 1. The largest absolute Gasteiger partial charge is 0.322 e. The Labute approximate surface area is 171 Å². The molecule has 29 heavy (non-hydrogen) atoms. The molecule has 0 atom stereocenters. The lowest BCUT2D eigenvalue weighted by Gasteiger charge is -2.14. The number of carbonyl (C=O) groups excluding carboxylic acids is 1. The van der Waals surface area contributed by atoms with E-state index >= 15 is 0 Å². The molecule has 4 aromatic rings. The molecule has 0 saturated carbocycles. The molecule has 0 saturated heterocycles. The fourth-order valence-electron chi connectivity index (χ4n) is 3.70. The van der Waals surface area contributed by atoms with E-state index in [0.29, 0.717) is 5.56 Å². The Kier molecular flexibility index (Phi) is 4.89. The number of anilines is 1. The van der Waals surface area contributed by atoms with Gasteiger partial charge in [0.25, 0.3) is 5.91 Å². The van der Waals surface area contributed by atoms with Gasteiger partial charge in [-0.1, -0.05) is 54.1 Å². The second-order valence-electron chi connectivity index (χ2n) is 7.60. The number of rotatable bonds is 3. The first kappa shape index (κ1) is 18.9. The van der Waals surface area contributed by atoms with Gasteiger partial charge in [0.1, 0.15) is 0 Å². The van der Waals surface area contributed by atoms with Crippen LogP contribution in [0, 0.1) is 27.7 Å².